The van der Waals surface area contributed by atoms with Crippen LogP contribution in [0, 0.1) is 6.92 Å². The van der Waals surface area contributed by atoms with Gasteiger partial charge in [-0.15, -0.1) is 0 Å². The molecule has 0 bridgehead atoms. The fourth-order valence-electron chi connectivity index (χ4n) is 1.48. The standard InChI is InChI=1S/C13H17BrO4/c1-4-17-13(15)11-9(2)5-6-10(14)12(11)18-8-7-16-3/h5-6H,4,7-8H2,1-3H3. The fourth-order valence-corrected chi connectivity index (χ4v) is 1.93. The largest absolute Gasteiger partial charge is 0.489 e. The Kier molecular flexibility index (Phi) is 6.15. The third-order valence-corrected chi connectivity index (χ3v) is 2.96. The Balaban J connectivity index is 3.04. The maximum atomic E-state index is 11.9. The summed E-state index contributed by atoms with van der Waals surface area (Å²) in [7, 11) is 1.60. The van der Waals surface area contributed by atoms with E-state index in [9.17, 15) is 4.79 Å². The number of methoxy groups -OCH3 is 1. The van der Waals surface area contributed by atoms with Crippen LogP contribution in [0.5, 0.6) is 5.75 Å². The average molecular weight is 317 g/mol. The minimum atomic E-state index is -0.372. The Morgan fingerprint density at radius 3 is 2.67 bits per heavy atom. The van der Waals surface area contributed by atoms with E-state index in [1.165, 1.54) is 0 Å². The lowest BCUT2D eigenvalue weighted by Gasteiger charge is -2.14. The summed E-state index contributed by atoms with van der Waals surface area (Å²) >= 11 is 3.38. The Morgan fingerprint density at radius 2 is 2.06 bits per heavy atom. The van der Waals surface area contributed by atoms with Gasteiger partial charge in [-0.2, -0.15) is 0 Å². The first kappa shape index (κ1) is 15.0. The van der Waals surface area contributed by atoms with Crippen LogP contribution in [-0.4, -0.2) is 32.9 Å². The molecule has 0 radical (unpaired) electrons. The van der Waals surface area contributed by atoms with Crippen molar-refractivity contribution in [3.63, 3.8) is 0 Å². The smallest absolute Gasteiger partial charge is 0.342 e. The van der Waals surface area contributed by atoms with Crippen LogP contribution in [-0.2, 0) is 9.47 Å². The second-order valence-corrected chi connectivity index (χ2v) is 4.48. The minimum Gasteiger partial charge on any atom is -0.489 e. The summed E-state index contributed by atoms with van der Waals surface area (Å²) in [5, 5.41) is 0. The van der Waals surface area contributed by atoms with E-state index in [0.717, 1.165) is 10.0 Å². The first-order chi connectivity index (χ1) is 8.61. The number of ether oxygens (including phenoxy) is 3. The number of carbonyl (C=O) groups excluding carboxylic acids is 1. The van der Waals surface area contributed by atoms with Crippen LogP contribution in [0.25, 0.3) is 0 Å². The van der Waals surface area contributed by atoms with Crippen molar-refractivity contribution in [1.29, 1.82) is 0 Å². The maximum absolute atomic E-state index is 11.9. The molecule has 0 amide bonds. The van der Waals surface area contributed by atoms with E-state index in [2.05, 4.69) is 15.9 Å². The van der Waals surface area contributed by atoms with E-state index >= 15 is 0 Å². The first-order valence-electron chi connectivity index (χ1n) is 5.69. The summed E-state index contributed by atoms with van der Waals surface area (Å²) in [6.45, 7) is 4.80. The van der Waals surface area contributed by atoms with Crippen LogP contribution in [0.1, 0.15) is 22.8 Å². The second-order valence-electron chi connectivity index (χ2n) is 3.63. The summed E-state index contributed by atoms with van der Waals surface area (Å²) < 4.78 is 16.3. The lowest BCUT2D eigenvalue weighted by Crippen LogP contribution is -2.12. The van der Waals surface area contributed by atoms with Gasteiger partial charge in [0.05, 0.1) is 17.7 Å². The number of benzene rings is 1. The molecule has 0 saturated heterocycles. The number of rotatable bonds is 6. The number of halogens is 1. The van der Waals surface area contributed by atoms with Crippen molar-refractivity contribution < 1.29 is 19.0 Å². The van der Waals surface area contributed by atoms with E-state index in [0.29, 0.717) is 31.1 Å². The van der Waals surface area contributed by atoms with Crippen molar-refractivity contribution in [2.45, 2.75) is 13.8 Å². The molecule has 0 spiro atoms. The molecule has 0 N–H and O–H groups in total. The zero-order chi connectivity index (χ0) is 13.5. The van der Waals surface area contributed by atoms with Crippen LogP contribution < -0.4 is 4.74 Å². The van der Waals surface area contributed by atoms with E-state index in [1.54, 1.807) is 14.0 Å². The van der Waals surface area contributed by atoms with Crippen LogP contribution in [0.3, 0.4) is 0 Å². The molecule has 0 aromatic heterocycles. The number of hydrogen-bond acceptors (Lipinski definition) is 4. The average Bonchev–Trinajstić information content (AvgIpc) is 2.34. The third kappa shape index (κ3) is 3.71. The molecule has 0 fully saturated rings. The summed E-state index contributed by atoms with van der Waals surface area (Å²) in [4.78, 5) is 11.9. The predicted molar refractivity (Wildman–Crippen MR) is 72.2 cm³/mol. The zero-order valence-corrected chi connectivity index (χ0v) is 12.4. The number of esters is 1. The van der Waals surface area contributed by atoms with Gasteiger partial charge in [-0.1, -0.05) is 6.07 Å². The molecule has 1 rings (SSSR count). The van der Waals surface area contributed by atoms with E-state index < -0.39 is 0 Å². The van der Waals surface area contributed by atoms with Gasteiger partial charge in [0, 0.05) is 7.11 Å². The Labute approximate surface area is 115 Å². The maximum Gasteiger partial charge on any atom is 0.342 e. The van der Waals surface area contributed by atoms with Crippen molar-refractivity contribution in [3.8, 4) is 5.75 Å². The van der Waals surface area contributed by atoms with E-state index in [1.807, 2.05) is 19.1 Å². The fraction of sp³-hybridized carbons (Fsp3) is 0.462. The van der Waals surface area contributed by atoms with Crippen molar-refractivity contribution in [2.24, 2.45) is 0 Å². The highest BCUT2D eigenvalue weighted by Gasteiger charge is 2.19. The lowest BCUT2D eigenvalue weighted by atomic mass is 10.1. The quantitative estimate of drug-likeness (QED) is 0.598. The van der Waals surface area contributed by atoms with Crippen molar-refractivity contribution >= 4 is 21.9 Å². The summed E-state index contributed by atoms with van der Waals surface area (Å²) in [5.74, 6) is 0.134. The SMILES string of the molecule is CCOC(=O)c1c(C)ccc(Br)c1OCCOC. The van der Waals surface area contributed by atoms with Crippen molar-refractivity contribution in [2.75, 3.05) is 26.9 Å². The zero-order valence-electron chi connectivity index (χ0n) is 10.8. The molecule has 18 heavy (non-hydrogen) atoms. The van der Waals surface area contributed by atoms with Crippen LogP contribution in [0.2, 0.25) is 0 Å². The van der Waals surface area contributed by atoms with Crippen molar-refractivity contribution in [1.82, 2.24) is 0 Å². The number of carbonyl (C=O) groups is 1. The molecule has 0 heterocycles. The van der Waals surface area contributed by atoms with Crippen LogP contribution in [0.15, 0.2) is 16.6 Å². The monoisotopic (exact) mass is 316 g/mol. The molecular formula is C13H17BrO4. The molecule has 1 aromatic rings. The van der Waals surface area contributed by atoms with Gasteiger partial charge in [0.2, 0.25) is 0 Å². The number of hydrogen-bond donors (Lipinski definition) is 0. The van der Waals surface area contributed by atoms with Crippen molar-refractivity contribution in [3.05, 3.63) is 27.7 Å². The Morgan fingerprint density at radius 1 is 1.33 bits per heavy atom. The molecule has 0 aliphatic rings. The highest BCUT2D eigenvalue weighted by molar-refractivity contribution is 9.10. The second kappa shape index (κ2) is 7.38. The number of aryl methyl sites for hydroxylation is 1. The normalized spacial score (nSPS) is 10.2. The van der Waals surface area contributed by atoms with Gasteiger partial charge in [0.25, 0.3) is 0 Å². The molecule has 0 aliphatic carbocycles. The Bertz CT molecular complexity index is 418. The minimum absolute atomic E-state index is 0.336. The summed E-state index contributed by atoms with van der Waals surface area (Å²) in [5.41, 5.74) is 1.28. The highest BCUT2D eigenvalue weighted by atomic mass is 79.9. The molecule has 0 atom stereocenters. The first-order valence-corrected chi connectivity index (χ1v) is 6.49. The van der Waals surface area contributed by atoms with Gasteiger partial charge in [-0.25, -0.2) is 4.79 Å². The van der Waals surface area contributed by atoms with Gasteiger partial charge in [0.15, 0.2) is 0 Å². The molecule has 1 aromatic carbocycles. The van der Waals surface area contributed by atoms with E-state index in [-0.39, 0.29) is 5.97 Å². The third-order valence-electron chi connectivity index (χ3n) is 2.33. The predicted octanol–water partition coefficient (Wildman–Crippen LogP) is 2.96. The van der Waals surface area contributed by atoms with Gasteiger partial charge in [-0.3, -0.25) is 0 Å². The molecule has 4 nitrogen and oxygen atoms in total. The summed E-state index contributed by atoms with van der Waals surface area (Å²) in [6.07, 6.45) is 0. The lowest BCUT2D eigenvalue weighted by molar-refractivity contribution is 0.0518. The highest BCUT2D eigenvalue weighted by Crippen LogP contribution is 2.32. The molecular weight excluding hydrogens is 300 g/mol. The summed E-state index contributed by atoms with van der Waals surface area (Å²) in [6, 6.07) is 3.69. The topological polar surface area (TPSA) is 44.8 Å². The Hall–Kier alpha value is -1.07. The van der Waals surface area contributed by atoms with E-state index in [4.69, 9.17) is 14.2 Å². The molecule has 0 aliphatic heterocycles. The molecule has 0 saturated carbocycles. The molecule has 100 valence electrons. The van der Waals surface area contributed by atoms with Gasteiger partial charge >= 0.3 is 5.97 Å². The molecule has 5 heteroatoms. The van der Waals surface area contributed by atoms with Gasteiger partial charge in [0.1, 0.15) is 17.9 Å². The van der Waals surface area contributed by atoms with Crippen LogP contribution >= 0.6 is 15.9 Å². The van der Waals surface area contributed by atoms with Gasteiger partial charge < -0.3 is 14.2 Å². The van der Waals surface area contributed by atoms with Gasteiger partial charge in [-0.05, 0) is 41.4 Å². The molecule has 0 unspecified atom stereocenters. The van der Waals surface area contributed by atoms with Crippen LogP contribution in [0.4, 0.5) is 0 Å².